The number of aromatic hydroxyl groups is 1. The van der Waals surface area contributed by atoms with Crippen LogP contribution in [0.25, 0.3) is 17.0 Å². The quantitative estimate of drug-likeness (QED) is 0.463. The largest absolute Gasteiger partial charge is 0.494 e. The minimum atomic E-state index is -3.82. The molecule has 1 aromatic heterocycles. The van der Waals surface area contributed by atoms with Gasteiger partial charge in [-0.3, -0.25) is 4.72 Å². The van der Waals surface area contributed by atoms with E-state index in [2.05, 4.69) is 19.7 Å². The molecule has 3 N–H and O–H groups in total. The van der Waals surface area contributed by atoms with Gasteiger partial charge in [-0.1, -0.05) is 30.3 Å². The summed E-state index contributed by atoms with van der Waals surface area (Å²) in [6.45, 7) is 1.84. The highest BCUT2D eigenvalue weighted by Gasteiger charge is 2.19. The van der Waals surface area contributed by atoms with Crippen molar-refractivity contribution in [3.8, 4) is 5.88 Å². The lowest BCUT2D eigenvalue weighted by molar-refractivity contribution is 0.457. The standard InChI is InChI=1S/C23H18N4O3S/c1-14-6-2-3-7-18(14)27-31(29,30)15-10-11-19-16(12-15)17(23(28)26-19)13-22-24-20-8-4-5-9-21(20)25-22/h2-13,26-28H,1H3. The lowest BCUT2D eigenvalue weighted by Crippen LogP contribution is -2.19. The minimum Gasteiger partial charge on any atom is -0.494 e. The molecule has 0 fully saturated rings. The zero-order valence-corrected chi connectivity index (χ0v) is 17.3. The molecule has 3 aromatic carbocycles. The number of hydrogen-bond donors (Lipinski definition) is 3. The van der Waals surface area contributed by atoms with Crippen LogP contribution in [-0.2, 0) is 10.0 Å². The van der Waals surface area contributed by atoms with E-state index in [9.17, 15) is 13.5 Å². The maximum Gasteiger partial charge on any atom is 0.261 e. The summed E-state index contributed by atoms with van der Waals surface area (Å²) in [5, 5.41) is 12.5. The number of nitrogens with zero attached hydrogens (tertiary/aromatic N) is 2. The highest BCUT2D eigenvalue weighted by atomic mass is 32.2. The maximum atomic E-state index is 13.0. The first-order valence-electron chi connectivity index (χ1n) is 9.58. The number of fused-ring (bicyclic) bond motifs is 2. The van der Waals surface area contributed by atoms with Gasteiger partial charge < -0.3 is 10.1 Å². The second kappa shape index (κ2) is 7.10. The summed E-state index contributed by atoms with van der Waals surface area (Å²) in [6, 6.07) is 19.3. The summed E-state index contributed by atoms with van der Waals surface area (Å²) in [7, 11) is -3.82. The van der Waals surface area contributed by atoms with Gasteiger partial charge in [0.2, 0.25) is 0 Å². The van der Waals surface area contributed by atoms with Crippen LogP contribution in [0.5, 0.6) is 5.88 Å². The molecule has 0 unspecified atom stereocenters. The molecule has 154 valence electrons. The molecule has 4 aromatic rings. The van der Waals surface area contributed by atoms with Gasteiger partial charge in [0.1, 0.15) is 0 Å². The van der Waals surface area contributed by atoms with Crippen LogP contribution in [0, 0.1) is 6.92 Å². The number of hydrogen-bond acceptors (Lipinski definition) is 5. The van der Waals surface area contributed by atoms with E-state index in [0.717, 1.165) is 16.3 Å². The summed E-state index contributed by atoms with van der Waals surface area (Å²) < 4.78 is 28.6. The van der Waals surface area contributed by atoms with Crippen molar-refractivity contribution in [1.82, 2.24) is 4.98 Å². The zero-order chi connectivity index (χ0) is 21.6. The van der Waals surface area contributed by atoms with Crippen molar-refractivity contribution in [1.29, 1.82) is 0 Å². The van der Waals surface area contributed by atoms with Crippen LogP contribution >= 0.6 is 0 Å². The van der Waals surface area contributed by atoms with Crippen molar-refractivity contribution in [2.24, 2.45) is 9.98 Å². The minimum absolute atomic E-state index is 0.0785. The Morgan fingerprint density at radius 1 is 0.968 bits per heavy atom. The van der Waals surface area contributed by atoms with Gasteiger partial charge >= 0.3 is 0 Å². The molecule has 31 heavy (non-hydrogen) atoms. The van der Waals surface area contributed by atoms with Crippen LogP contribution < -0.4 is 15.4 Å². The number of aryl methyl sites for hydroxylation is 1. The van der Waals surface area contributed by atoms with Gasteiger partial charge in [0.05, 0.1) is 21.3 Å². The van der Waals surface area contributed by atoms with Crippen molar-refractivity contribution in [3.05, 3.63) is 94.4 Å². The van der Waals surface area contributed by atoms with E-state index in [-0.39, 0.29) is 10.8 Å². The number of anilines is 1. The number of aromatic nitrogens is 1. The molecule has 0 saturated carbocycles. The number of rotatable bonds is 4. The molecule has 2 heterocycles. The molecule has 0 amide bonds. The van der Waals surface area contributed by atoms with Gasteiger partial charge in [-0.2, -0.15) is 0 Å². The maximum absolute atomic E-state index is 13.0. The van der Waals surface area contributed by atoms with Crippen molar-refractivity contribution < 1.29 is 13.5 Å². The third kappa shape index (κ3) is 3.47. The number of H-pyrrole nitrogens is 1. The fraction of sp³-hybridized carbons (Fsp3) is 0.0435. The number of benzene rings is 3. The monoisotopic (exact) mass is 430 g/mol. The summed E-state index contributed by atoms with van der Waals surface area (Å²) in [4.78, 5) is 11.9. The average molecular weight is 430 g/mol. The Morgan fingerprint density at radius 3 is 2.35 bits per heavy atom. The molecular weight excluding hydrogens is 412 g/mol. The number of para-hydroxylation sites is 3. The predicted octanol–water partition coefficient (Wildman–Crippen LogP) is 3.23. The normalized spacial score (nSPS) is 12.9. The van der Waals surface area contributed by atoms with Gasteiger partial charge in [0.25, 0.3) is 10.0 Å². The highest BCUT2D eigenvalue weighted by molar-refractivity contribution is 7.92. The van der Waals surface area contributed by atoms with Crippen molar-refractivity contribution in [3.63, 3.8) is 0 Å². The van der Waals surface area contributed by atoms with Crippen LogP contribution in [0.2, 0.25) is 0 Å². The van der Waals surface area contributed by atoms with Crippen LogP contribution in [0.15, 0.2) is 87.4 Å². The third-order valence-electron chi connectivity index (χ3n) is 5.11. The third-order valence-corrected chi connectivity index (χ3v) is 6.48. The molecule has 0 saturated heterocycles. The molecule has 0 radical (unpaired) electrons. The predicted molar refractivity (Wildman–Crippen MR) is 119 cm³/mol. The second-order valence-corrected chi connectivity index (χ2v) is 8.91. The Bertz CT molecular complexity index is 1560. The topological polar surface area (TPSA) is 107 Å². The Balaban J connectivity index is 1.59. The second-order valence-electron chi connectivity index (χ2n) is 7.23. The van der Waals surface area contributed by atoms with E-state index in [0.29, 0.717) is 28.0 Å². The van der Waals surface area contributed by atoms with Gasteiger partial charge in [0.15, 0.2) is 11.7 Å². The van der Waals surface area contributed by atoms with E-state index in [4.69, 9.17) is 0 Å². The van der Waals surface area contributed by atoms with Crippen LogP contribution in [0.4, 0.5) is 5.69 Å². The molecule has 0 aliphatic carbocycles. The average Bonchev–Trinajstić information content (AvgIpc) is 3.29. The van der Waals surface area contributed by atoms with Crippen molar-refractivity contribution >= 4 is 32.7 Å². The molecule has 7 nitrogen and oxygen atoms in total. The molecule has 0 atom stereocenters. The first-order chi connectivity index (χ1) is 14.9. The van der Waals surface area contributed by atoms with Crippen LogP contribution in [-0.4, -0.2) is 18.5 Å². The number of sulfonamides is 1. The van der Waals surface area contributed by atoms with Crippen molar-refractivity contribution in [2.45, 2.75) is 11.8 Å². The first kappa shape index (κ1) is 19.1. The van der Waals surface area contributed by atoms with E-state index in [1.807, 2.05) is 43.3 Å². The lowest BCUT2D eigenvalue weighted by Gasteiger charge is -2.10. The van der Waals surface area contributed by atoms with Crippen LogP contribution in [0.3, 0.4) is 0 Å². The molecule has 0 spiro atoms. The summed E-state index contributed by atoms with van der Waals surface area (Å²) in [6.07, 6.45) is 1.64. The molecule has 1 aliphatic heterocycles. The Morgan fingerprint density at radius 2 is 1.65 bits per heavy atom. The Hall–Kier alpha value is -3.91. The molecule has 8 heteroatoms. The molecular formula is C23H18N4O3S. The van der Waals surface area contributed by atoms with Crippen molar-refractivity contribution in [2.75, 3.05) is 4.72 Å². The fourth-order valence-electron chi connectivity index (χ4n) is 3.50. The fourth-order valence-corrected chi connectivity index (χ4v) is 4.66. The molecule has 1 aliphatic rings. The van der Waals surface area contributed by atoms with Gasteiger partial charge in [0, 0.05) is 16.5 Å². The molecule has 5 rings (SSSR count). The first-order valence-corrected chi connectivity index (χ1v) is 11.1. The number of nitrogens with one attached hydrogen (secondary N) is 2. The smallest absolute Gasteiger partial charge is 0.261 e. The zero-order valence-electron chi connectivity index (χ0n) is 16.5. The van der Waals surface area contributed by atoms with Crippen LogP contribution in [0.1, 0.15) is 11.1 Å². The number of aromatic amines is 1. The van der Waals surface area contributed by atoms with E-state index < -0.39 is 10.0 Å². The molecule has 0 bridgehead atoms. The SMILES string of the molecule is Cc1ccccc1NS(=O)(=O)c1ccc2[nH]c(O)c(C=C3N=c4ccccc4=N3)c2c1. The Kier molecular flexibility index (Phi) is 4.37. The summed E-state index contributed by atoms with van der Waals surface area (Å²) >= 11 is 0. The van der Waals surface area contributed by atoms with E-state index in [1.165, 1.54) is 12.1 Å². The van der Waals surface area contributed by atoms with Gasteiger partial charge in [-0.05, 0) is 55.0 Å². The summed E-state index contributed by atoms with van der Waals surface area (Å²) in [5.41, 5.74) is 2.37. The summed E-state index contributed by atoms with van der Waals surface area (Å²) in [5.74, 6) is 0.356. The Labute approximate surface area is 178 Å². The van der Waals surface area contributed by atoms with E-state index in [1.54, 1.807) is 24.3 Å². The van der Waals surface area contributed by atoms with E-state index >= 15 is 0 Å². The highest BCUT2D eigenvalue weighted by Crippen LogP contribution is 2.32. The van der Waals surface area contributed by atoms with Gasteiger partial charge in [-0.15, -0.1) is 0 Å². The lowest BCUT2D eigenvalue weighted by atomic mass is 10.1. The van der Waals surface area contributed by atoms with Gasteiger partial charge in [-0.25, -0.2) is 18.4 Å².